The summed E-state index contributed by atoms with van der Waals surface area (Å²) in [6, 6.07) is 5.36. The summed E-state index contributed by atoms with van der Waals surface area (Å²) in [4.78, 5) is 55.4. The van der Waals surface area contributed by atoms with E-state index in [1.54, 1.807) is 4.90 Å². The first-order valence-electron chi connectivity index (χ1n) is 11.8. The summed E-state index contributed by atoms with van der Waals surface area (Å²) in [6.07, 6.45) is 4.17. The van der Waals surface area contributed by atoms with Crippen molar-refractivity contribution in [3.05, 3.63) is 29.3 Å². The van der Waals surface area contributed by atoms with Crippen molar-refractivity contribution in [1.82, 2.24) is 20.0 Å². The highest BCUT2D eigenvalue weighted by molar-refractivity contribution is 6.09. The third-order valence-corrected chi connectivity index (χ3v) is 7.22. The molecule has 4 rings (SSSR count). The summed E-state index contributed by atoms with van der Waals surface area (Å²) >= 11 is 0. The molecule has 3 fully saturated rings. The summed E-state index contributed by atoms with van der Waals surface area (Å²) in [6.45, 7) is 6.08. The fourth-order valence-corrected chi connectivity index (χ4v) is 4.98. The molecule has 5 amide bonds. The quantitative estimate of drug-likeness (QED) is 0.658. The van der Waals surface area contributed by atoms with E-state index in [2.05, 4.69) is 10.6 Å². The zero-order valence-electron chi connectivity index (χ0n) is 19.5. The Morgan fingerprint density at radius 1 is 1.00 bits per heavy atom. The summed E-state index contributed by atoms with van der Waals surface area (Å²) in [5.74, 6) is -0.575. The number of carbonyl (C=O) groups excluding carboxylic acids is 4. The predicted molar refractivity (Wildman–Crippen MR) is 124 cm³/mol. The van der Waals surface area contributed by atoms with Crippen LogP contribution in [0.1, 0.15) is 43.2 Å². The lowest BCUT2D eigenvalue weighted by Crippen LogP contribution is -2.53. The van der Waals surface area contributed by atoms with Crippen molar-refractivity contribution < 1.29 is 19.2 Å². The fraction of sp³-hybridized carbons (Fsp3) is 0.583. The van der Waals surface area contributed by atoms with Crippen LogP contribution in [0.2, 0.25) is 0 Å². The minimum Gasteiger partial charge on any atom is -0.339 e. The molecule has 33 heavy (non-hydrogen) atoms. The van der Waals surface area contributed by atoms with Gasteiger partial charge in [-0.05, 0) is 43.9 Å². The number of benzene rings is 1. The van der Waals surface area contributed by atoms with Gasteiger partial charge in [0.25, 0.3) is 5.91 Å². The number of urea groups is 1. The smallest absolute Gasteiger partial charge is 0.325 e. The minimum absolute atomic E-state index is 0.0828. The fourth-order valence-electron chi connectivity index (χ4n) is 4.98. The molecule has 1 aliphatic carbocycles. The Labute approximate surface area is 194 Å². The van der Waals surface area contributed by atoms with Crippen LogP contribution in [0.4, 0.5) is 10.5 Å². The molecule has 1 aromatic carbocycles. The Morgan fingerprint density at radius 2 is 1.70 bits per heavy atom. The molecular weight excluding hydrogens is 422 g/mol. The molecule has 0 radical (unpaired) electrons. The van der Waals surface area contributed by atoms with Gasteiger partial charge in [-0.15, -0.1) is 0 Å². The van der Waals surface area contributed by atoms with E-state index in [0.29, 0.717) is 39.0 Å². The lowest BCUT2D eigenvalue weighted by atomic mass is 9.82. The van der Waals surface area contributed by atoms with Crippen LogP contribution < -0.4 is 10.6 Å². The van der Waals surface area contributed by atoms with Crippen LogP contribution in [0.3, 0.4) is 0 Å². The molecule has 1 spiro atoms. The molecule has 0 atom stereocenters. The van der Waals surface area contributed by atoms with Crippen LogP contribution in [0.15, 0.2) is 18.2 Å². The molecule has 9 nitrogen and oxygen atoms in total. The Hall–Kier alpha value is -2.94. The Balaban J connectivity index is 1.25. The van der Waals surface area contributed by atoms with Crippen molar-refractivity contribution in [2.75, 3.05) is 44.6 Å². The van der Waals surface area contributed by atoms with Gasteiger partial charge in [0.1, 0.15) is 12.1 Å². The molecule has 9 heteroatoms. The lowest BCUT2D eigenvalue weighted by Gasteiger charge is -2.35. The highest BCUT2D eigenvalue weighted by Crippen LogP contribution is 2.33. The monoisotopic (exact) mass is 455 g/mol. The van der Waals surface area contributed by atoms with Crippen molar-refractivity contribution in [2.24, 2.45) is 0 Å². The van der Waals surface area contributed by atoms with Gasteiger partial charge in [0.05, 0.1) is 6.54 Å². The first-order chi connectivity index (χ1) is 15.8. The number of nitrogens with one attached hydrogen (secondary N) is 2. The Morgan fingerprint density at radius 3 is 2.39 bits per heavy atom. The normalized spacial score (nSPS) is 20.8. The molecule has 178 valence electrons. The van der Waals surface area contributed by atoms with E-state index in [1.165, 1.54) is 0 Å². The van der Waals surface area contributed by atoms with E-state index in [0.717, 1.165) is 41.0 Å². The maximum atomic E-state index is 12.9. The molecule has 2 aliphatic heterocycles. The number of hydrogen-bond donors (Lipinski definition) is 2. The summed E-state index contributed by atoms with van der Waals surface area (Å²) in [5, 5.41) is 5.82. The van der Waals surface area contributed by atoms with Gasteiger partial charge in [0.15, 0.2) is 0 Å². The summed E-state index contributed by atoms with van der Waals surface area (Å²) < 4.78 is 0. The number of aryl methyl sites for hydroxylation is 1. The van der Waals surface area contributed by atoms with E-state index in [-0.39, 0.29) is 30.8 Å². The van der Waals surface area contributed by atoms with Gasteiger partial charge in [-0.2, -0.15) is 0 Å². The molecule has 3 aliphatic rings. The van der Waals surface area contributed by atoms with Crippen molar-refractivity contribution in [2.45, 2.75) is 51.5 Å². The van der Waals surface area contributed by atoms with Gasteiger partial charge in [-0.1, -0.05) is 31.4 Å². The van der Waals surface area contributed by atoms with Crippen molar-refractivity contribution in [3.8, 4) is 0 Å². The van der Waals surface area contributed by atoms with E-state index in [9.17, 15) is 19.2 Å². The molecule has 2 N–H and O–H groups in total. The lowest BCUT2D eigenvalue weighted by molar-refractivity contribution is -0.140. The van der Waals surface area contributed by atoms with Crippen LogP contribution in [0.5, 0.6) is 0 Å². The van der Waals surface area contributed by atoms with Crippen LogP contribution in [0, 0.1) is 13.8 Å². The second-order valence-electron chi connectivity index (χ2n) is 9.42. The largest absolute Gasteiger partial charge is 0.339 e. The summed E-state index contributed by atoms with van der Waals surface area (Å²) in [5.41, 5.74) is 2.19. The molecule has 2 saturated heterocycles. The zero-order valence-corrected chi connectivity index (χ0v) is 19.5. The molecule has 2 heterocycles. The van der Waals surface area contributed by atoms with Crippen LogP contribution in [-0.4, -0.2) is 83.3 Å². The standard InChI is InChI=1S/C24H33N5O4/c1-17-7-6-8-19(18(17)2)25-20(30)15-27-11-13-28(14-12-27)21(31)16-29-22(32)24(26-23(29)33)9-4-3-5-10-24/h6-8H,3-5,9-16H2,1-2H3,(H,25,30)(H,26,33). The first-order valence-corrected chi connectivity index (χ1v) is 11.8. The van der Waals surface area contributed by atoms with E-state index >= 15 is 0 Å². The first kappa shape index (κ1) is 23.2. The van der Waals surface area contributed by atoms with Crippen molar-refractivity contribution in [3.63, 3.8) is 0 Å². The number of carbonyl (C=O) groups is 4. The molecule has 1 saturated carbocycles. The number of imide groups is 1. The zero-order chi connectivity index (χ0) is 23.6. The van der Waals surface area contributed by atoms with Gasteiger partial charge in [-0.25, -0.2) is 4.79 Å². The Bertz CT molecular complexity index is 948. The molecule has 0 unspecified atom stereocenters. The van der Waals surface area contributed by atoms with E-state index in [4.69, 9.17) is 0 Å². The number of amides is 5. The third kappa shape index (κ3) is 4.88. The van der Waals surface area contributed by atoms with Gasteiger partial charge in [0, 0.05) is 31.9 Å². The van der Waals surface area contributed by atoms with Crippen LogP contribution >= 0.6 is 0 Å². The second-order valence-corrected chi connectivity index (χ2v) is 9.42. The Kier molecular flexibility index (Phi) is 6.69. The van der Waals surface area contributed by atoms with Crippen LogP contribution in [0.25, 0.3) is 0 Å². The number of nitrogens with zero attached hydrogens (tertiary/aromatic N) is 3. The molecule has 0 bridgehead atoms. The maximum absolute atomic E-state index is 12.9. The van der Waals surface area contributed by atoms with Crippen molar-refractivity contribution in [1.29, 1.82) is 0 Å². The average molecular weight is 456 g/mol. The second kappa shape index (κ2) is 9.51. The molecule has 0 aromatic heterocycles. The van der Waals surface area contributed by atoms with Gasteiger partial charge >= 0.3 is 6.03 Å². The number of rotatable bonds is 5. The number of anilines is 1. The SMILES string of the molecule is Cc1cccc(NC(=O)CN2CCN(C(=O)CN3C(=O)NC4(CCCCC4)C3=O)CC2)c1C. The van der Waals surface area contributed by atoms with E-state index in [1.807, 2.05) is 36.9 Å². The number of hydrogen-bond acceptors (Lipinski definition) is 5. The van der Waals surface area contributed by atoms with Crippen LogP contribution in [-0.2, 0) is 14.4 Å². The van der Waals surface area contributed by atoms with Gasteiger partial charge < -0.3 is 15.5 Å². The average Bonchev–Trinajstić information content (AvgIpc) is 3.01. The number of piperazine rings is 1. The highest BCUT2D eigenvalue weighted by Gasteiger charge is 2.51. The van der Waals surface area contributed by atoms with Gasteiger partial charge in [0.2, 0.25) is 11.8 Å². The highest BCUT2D eigenvalue weighted by atomic mass is 16.2. The molecule has 1 aromatic rings. The topological polar surface area (TPSA) is 102 Å². The van der Waals surface area contributed by atoms with Gasteiger partial charge in [-0.3, -0.25) is 24.2 Å². The molecular formula is C24H33N5O4. The maximum Gasteiger partial charge on any atom is 0.325 e. The van der Waals surface area contributed by atoms with E-state index < -0.39 is 11.6 Å². The van der Waals surface area contributed by atoms with Crippen molar-refractivity contribution >= 4 is 29.4 Å². The third-order valence-electron chi connectivity index (χ3n) is 7.22. The minimum atomic E-state index is -0.808. The summed E-state index contributed by atoms with van der Waals surface area (Å²) in [7, 11) is 0. The predicted octanol–water partition coefficient (Wildman–Crippen LogP) is 1.64.